The van der Waals surface area contributed by atoms with Crippen LogP contribution in [0.2, 0.25) is 0 Å². The first-order valence-electron chi connectivity index (χ1n) is 6.48. The molecule has 0 unspecified atom stereocenters. The van der Waals surface area contributed by atoms with Gasteiger partial charge in [-0.1, -0.05) is 18.2 Å². The molecule has 0 radical (unpaired) electrons. The van der Waals surface area contributed by atoms with Crippen LogP contribution in [-0.2, 0) is 16.4 Å². The van der Waals surface area contributed by atoms with Crippen LogP contribution in [0, 0.1) is 5.82 Å². The lowest BCUT2D eigenvalue weighted by atomic mass is 10.1. The lowest BCUT2D eigenvalue weighted by Crippen LogP contribution is -2.19. The molecule has 0 spiro atoms. The molecule has 0 aliphatic heterocycles. The van der Waals surface area contributed by atoms with E-state index in [-0.39, 0.29) is 16.8 Å². The first-order valence-corrected chi connectivity index (χ1v) is 8.03. The van der Waals surface area contributed by atoms with Crippen molar-refractivity contribution in [3.63, 3.8) is 0 Å². The van der Waals surface area contributed by atoms with E-state index in [1.807, 2.05) is 6.92 Å². The van der Waals surface area contributed by atoms with Gasteiger partial charge in [0.05, 0.1) is 4.90 Å². The Labute approximate surface area is 123 Å². The Morgan fingerprint density at radius 1 is 1.19 bits per heavy atom. The van der Waals surface area contributed by atoms with Gasteiger partial charge in [-0.25, -0.2) is 17.9 Å². The number of benzene rings is 2. The number of nitrogens with one attached hydrogen (secondary N) is 1. The molecule has 6 heteroatoms. The Balaban J connectivity index is 2.06. The molecule has 1 atom stereocenters. The van der Waals surface area contributed by atoms with Crippen molar-refractivity contribution in [2.75, 3.05) is 5.32 Å². The van der Waals surface area contributed by atoms with Crippen molar-refractivity contribution in [2.45, 2.75) is 24.3 Å². The molecule has 112 valence electrons. The Morgan fingerprint density at radius 3 is 2.48 bits per heavy atom. The van der Waals surface area contributed by atoms with Crippen LogP contribution < -0.4 is 10.5 Å². The monoisotopic (exact) mass is 308 g/mol. The number of rotatable bonds is 5. The van der Waals surface area contributed by atoms with Crippen LogP contribution in [0.3, 0.4) is 0 Å². The van der Waals surface area contributed by atoms with Gasteiger partial charge >= 0.3 is 0 Å². The largest absolute Gasteiger partial charge is 0.382 e. The van der Waals surface area contributed by atoms with Gasteiger partial charge in [0, 0.05) is 11.7 Å². The molecular weight excluding hydrogens is 291 g/mol. The smallest absolute Gasteiger partial charge is 0.238 e. The number of hydrogen-bond acceptors (Lipinski definition) is 3. The van der Waals surface area contributed by atoms with Crippen LogP contribution in [0.25, 0.3) is 0 Å². The first-order chi connectivity index (χ1) is 9.84. The summed E-state index contributed by atoms with van der Waals surface area (Å²) in [5, 5.41) is 8.31. The Bertz CT molecular complexity index is 715. The Kier molecular flexibility index (Phi) is 4.59. The highest BCUT2D eigenvalue weighted by Crippen LogP contribution is 2.16. The van der Waals surface area contributed by atoms with Gasteiger partial charge in [0.1, 0.15) is 5.82 Å². The second-order valence-corrected chi connectivity index (χ2v) is 6.51. The lowest BCUT2D eigenvalue weighted by molar-refractivity contribution is 0.598. The maximum atomic E-state index is 12.8. The third-order valence-corrected chi connectivity index (χ3v) is 3.94. The molecule has 4 nitrogen and oxygen atoms in total. The minimum atomic E-state index is -3.71. The van der Waals surface area contributed by atoms with Gasteiger partial charge < -0.3 is 5.32 Å². The summed E-state index contributed by atoms with van der Waals surface area (Å²) < 4.78 is 35.5. The molecule has 0 bridgehead atoms. The maximum Gasteiger partial charge on any atom is 0.238 e. The highest BCUT2D eigenvalue weighted by Gasteiger charge is 2.09. The number of halogens is 1. The van der Waals surface area contributed by atoms with E-state index in [1.54, 1.807) is 24.3 Å². The minimum absolute atomic E-state index is 0.0613. The molecule has 0 aromatic heterocycles. The summed E-state index contributed by atoms with van der Waals surface area (Å²) >= 11 is 0. The van der Waals surface area contributed by atoms with E-state index >= 15 is 0 Å². The second-order valence-electron chi connectivity index (χ2n) is 4.95. The maximum absolute atomic E-state index is 12.8. The summed E-state index contributed by atoms with van der Waals surface area (Å²) in [6.07, 6.45) is 0.694. The molecule has 0 fully saturated rings. The van der Waals surface area contributed by atoms with E-state index in [9.17, 15) is 12.8 Å². The Morgan fingerprint density at radius 2 is 1.86 bits per heavy atom. The normalized spacial score (nSPS) is 12.9. The van der Waals surface area contributed by atoms with Crippen molar-refractivity contribution in [1.82, 2.24) is 0 Å². The van der Waals surface area contributed by atoms with Crippen molar-refractivity contribution in [1.29, 1.82) is 0 Å². The van der Waals surface area contributed by atoms with Gasteiger partial charge in [-0.2, -0.15) is 0 Å². The summed E-state index contributed by atoms with van der Waals surface area (Å²) in [7, 11) is -3.71. The third-order valence-electron chi connectivity index (χ3n) is 3.03. The summed E-state index contributed by atoms with van der Waals surface area (Å²) in [6.45, 7) is 1.97. The molecule has 0 aliphatic carbocycles. The van der Waals surface area contributed by atoms with Crippen LogP contribution in [0.1, 0.15) is 12.5 Å². The molecule has 0 aliphatic rings. The highest BCUT2D eigenvalue weighted by atomic mass is 32.2. The summed E-state index contributed by atoms with van der Waals surface area (Å²) in [6, 6.07) is 12.7. The van der Waals surface area contributed by atoms with Crippen LogP contribution in [0.4, 0.5) is 10.1 Å². The van der Waals surface area contributed by atoms with Crippen LogP contribution in [-0.4, -0.2) is 14.5 Å². The molecule has 3 N–H and O–H groups in total. The van der Waals surface area contributed by atoms with E-state index in [0.29, 0.717) is 12.1 Å². The SMILES string of the molecule is C[C@H](Cc1ccc(F)cc1)Nc1cccc(S(N)(=O)=O)c1. The summed E-state index contributed by atoms with van der Waals surface area (Å²) in [5.41, 5.74) is 1.68. The average Bonchev–Trinajstić information content (AvgIpc) is 2.41. The molecule has 2 aromatic rings. The Hall–Kier alpha value is -1.92. The quantitative estimate of drug-likeness (QED) is 0.891. The fourth-order valence-electron chi connectivity index (χ4n) is 2.07. The molecule has 2 rings (SSSR count). The van der Waals surface area contributed by atoms with Gasteiger partial charge in [0.15, 0.2) is 0 Å². The number of nitrogens with two attached hydrogens (primary N) is 1. The summed E-state index contributed by atoms with van der Waals surface area (Å²) in [5.74, 6) is -0.264. The zero-order chi connectivity index (χ0) is 15.5. The van der Waals surface area contributed by atoms with Gasteiger partial charge in [0.25, 0.3) is 0 Å². The van der Waals surface area contributed by atoms with Gasteiger partial charge in [0.2, 0.25) is 10.0 Å². The fraction of sp³-hybridized carbons (Fsp3) is 0.200. The predicted octanol–water partition coefficient (Wildman–Crippen LogP) is 2.52. The zero-order valence-electron chi connectivity index (χ0n) is 11.6. The van der Waals surface area contributed by atoms with E-state index in [1.165, 1.54) is 24.3 Å². The highest BCUT2D eigenvalue weighted by molar-refractivity contribution is 7.89. The fourth-order valence-corrected chi connectivity index (χ4v) is 2.63. The van der Waals surface area contributed by atoms with Crippen molar-refractivity contribution >= 4 is 15.7 Å². The topological polar surface area (TPSA) is 72.2 Å². The van der Waals surface area contributed by atoms with Crippen molar-refractivity contribution in [3.05, 3.63) is 59.9 Å². The van der Waals surface area contributed by atoms with E-state index in [4.69, 9.17) is 5.14 Å². The zero-order valence-corrected chi connectivity index (χ0v) is 12.4. The number of hydrogen-bond donors (Lipinski definition) is 2. The van der Waals surface area contributed by atoms with E-state index in [2.05, 4.69) is 5.32 Å². The number of anilines is 1. The molecule has 0 heterocycles. The van der Waals surface area contributed by atoms with Crippen molar-refractivity contribution in [2.24, 2.45) is 5.14 Å². The molecule has 0 saturated carbocycles. The standard InChI is InChI=1S/C15H17FN2O2S/c1-11(9-12-5-7-13(16)8-6-12)18-14-3-2-4-15(10-14)21(17,19)20/h2-8,10-11,18H,9H2,1H3,(H2,17,19,20)/t11-/m1/s1. The summed E-state index contributed by atoms with van der Waals surface area (Å²) in [4.78, 5) is 0.0708. The first kappa shape index (κ1) is 15.5. The predicted molar refractivity (Wildman–Crippen MR) is 81.0 cm³/mol. The van der Waals surface area contributed by atoms with E-state index < -0.39 is 10.0 Å². The van der Waals surface area contributed by atoms with Gasteiger partial charge in [-0.3, -0.25) is 0 Å². The van der Waals surface area contributed by atoms with Crippen LogP contribution in [0.15, 0.2) is 53.4 Å². The molecule has 21 heavy (non-hydrogen) atoms. The number of primary sulfonamides is 1. The third kappa shape index (κ3) is 4.54. The van der Waals surface area contributed by atoms with Crippen LogP contribution in [0.5, 0.6) is 0 Å². The van der Waals surface area contributed by atoms with Crippen molar-refractivity contribution < 1.29 is 12.8 Å². The molecule has 0 amide bonds. The molecular formula is C15H17FN2O2S. The van der Waals surface area contributed by atoms with Gasteiger partial charge in [-0.15, -0.1) is 0 Å². The minimum Gasteiger partial charge on any atom is -0.382 e. The molecule has 2 aromatic carbocycles. The van der Waals surface area contributed by atoms with Gasteiger partial charge in [-0.05, 0) is 49.2 Å². The number of sulfonamides is 1. The average molecular weight is 308 g/mol. The molecule has 0 saturated heterocycles. The van der Waals surface area contributed by atoms with Crippen LogP contribution >= 0.6 is 0 Å². The van der Waals surface area contributed by atoms with Crippen molar-refractivity contribution in [3.8, 4) is 0 Å². The lowest BCUT2D eigenvalue weighted by Gasteiger charge is -2.16. The second kappa shape index (κ2) is 6.24. The van der Waals surface area contributed by atoms with E-state index in [0.717, 1.165) is 5.56 Å².